The van der Waals surface area contributed by atoms with Crippen LogP contribution < -0.4 is 5.32 Å². The van der Waals surface area contributed by atoms with Gasteiger partial charge in [-0.25, -0.2) is 0 Å². The van der Waals surface area contributed by atoms with E-state index in [0.717, 1.165) is 13.0 Å². The van der Waals surface area contributed by atoms with Crippen molar-refractivity contribution in [2.24, 2.45) is 0 Å². The average Bonchev–Trinajstić information content (AvgIpc) is 2.73. The van der Waals surface area contributed by atoms with Crippen LogP contribution in [-0.2, 0) is 13.0 Å². The highest BCUT2D eigenvalue weighted by Gasteiger charge is 2.07. The molecule has 0 fully saturated rings. The van der Waals surface area contributed by atoms with Crippen molar-refractivity contribution >= 4 is 10.9 Å². The predicted molar refractivity (Wildman–Crippen MR) is 69.8 cm³/mol. The van der Waals surface area contributed by atoms with Gasteiger partial charge in [-0.15, -0.1) is 0 Å². The Morgan fingerprint density at radius 1 is 1.31 bits per heavy atom. The zero-order valence-corrected chi connectivity index (χ0v) is 10.3. The lowest BCUT2D eigenvalue weighted by atomic mass is 10.0. The smallest absolute Gasteiger partial charge is 0.0482 e. The SMILES string of the molecule is CCn1ccc2c(CC(C)NC)cccc21. The maximum atomic E-state index is 3.29. The van der Waals surface area contributed by atoms with E-state index < -0.39 is 0 Å². The molecule has 86 valence electrons. The van der Waals surface area contributed by atoms with Gasteiger partial charge < -0.3 is 9.88 Å². The third-order valence-electron chi connectivity index (χ3n) is 3.26. The summed E-state index contributed by atoms with van der Waals surface area (Å²) < 4.78 is 2.29. The van der Waals surface area contributed by atoms with Crippen molar-refractivity contribution < 1.29 is 0 Å². The summed E-state index contributed by atoms with van der Waals surface area (Å²) in [6.07, 6.45) is 3.26. The van der Waals surface area contributed by atoms with Crippen LogP contribution in [0.15, 0.2) is 30.5 Å². The molecule has 2 rings (SSSR count). The van der Waals surface area contributed by atoms with Gasteiger partial charge >= 0.3 is 0 Å². The van der Waals surface area contributed by atoms with E-state index in [1.807, 2.05) is 7.05 Å². The molecule has 1 heterocycles. The summed E-state index contributed by atoms with van der Waals surface area (Å²) >= 11 is 0. The quantitative estimate of drug-likeness (QED) is 0.831. The zero-order chi connectivity index (χ0) is 11.5. The van der Waals surface area contributed by atoms with Crippen molar-refractivity contribution in [1.82, 2.24) is 9.88 Å². The van der Waals surface area contributed by atoms with Crippen LogP contribution in [0.4, 0.5) is 0 Å². The van der Waals surface area contributed by atoms with Crippen molar-refractivity contribution in [2.75, 3.05) is 7.05 Å². The normalized spacial score (nSPS) is 13.2. The van der Waals surface area contributed by atoms with Crippen molar-refractivity contribution in [2.45, 2.75) is 32.9 Å². The molecule has 1 unspecified atom stereocenters. The first kappa shape index (κ1) is 11.2. The lowest BCUT2D eigenvalue weighted by Crippen LogP contribution is -2.23. The van der Waals surface area contributed by atoms with E-state index in [2.05, 4.69) is 54.2 Å². The van der Waals surface area contributed by atoms with E-state index in [1.54, 1.807) is 0 Å². The molecule has 0 spiro atoms. The standard InChI is InChI=1S/C14H20N2/c1-4-16-9-8-13-12(10-11(2)15-3)6-5-7-14(13)16/h5-9,11,15H,4,10H2,1-3H3. The number of fused-ring (bicyclic) bond motifs is 1. The Morgan fingerprint density at radius 3 is 2.81 bits per heavy atom. The van der Waals surface area contributed by atoms with Crippen LogP contribution >= 0.6 is 0 Å². The molecule has 0 saturated heterocycles. The summed E-state index contributed by atoms with van der Waals surface area (Å²) in [4.78, 5) is 0. The molecule has 0 radical (unpaired) electrons. The molecule has 1 atom stereocenters. The van der Waals surface area contributed by atoms with Gasteiger partial charge in [-0.05, 0) is 45.0 Å². The van der Waals surface area contributed by atoms with Crippen molar-refractivity contribution in [1.29, 1.82) is 0 Å². The first-order valence-corrected chi connectivity index (χ1v) is 6.00. The van der Waals surface area contributed by atoms with Crippen molar-refractivity contribution in [3.05, 3.63) is 36.0 Å². The van der Waals surface area contributed by atoms with Crippen LogP contribution in [0.1, 0.15) is 19.4 Å². The van der Waals surface area contributed by atoms with Gasteiger partial charge in [0.2, 0.25) is 0 Å². The lowest BCUT2D eigenvalue weighted by Gasteiger charge is -2.11. The third kappa shape index (κ3) is 1.98. The van der Waals surface area contributed by atoms with Crippen LogP contribution in [0.2, 0.25) is 0 Å². The van der Waals surface area contributed by atoms with Gasteiger partial charge in [0.25, 0.3) is 0 Å². The fraction of sp³-hybridized carbons (Fsp3) is 0.429. The molecule has 2 nitrogen and oxygen atoms in total. The highest BCUT2D eigenvalue weighted by molar-refractivity contribution is 5.83. The number of rotatable bonds is 4. The maximum absolute atomic E-state index is 3.29. The van der Waals surface area contributed by atoms with E-state index in [0.29, 0.717) is 6.04 Å². The first-order chi connectivity index (χ1) is 7.76. The molecule has 0 amide bonds. The number of hydrogen-bond donors (Lipinski definition) is 1. The fourth-order valence-electron chi connectivity index (χ4n) is 2.17. The molecule has 1 aromatic carbocycles. The number of hydrogen-bond acceptors (Lipinski definition) is 1. The molecular formula is C14H20N2. The molecule has 0 aliphatic carbocycles. The zero-order valence-electron chi connectivity index (χ0n) is 10.3. The lowest BCUT2D eigenvalue weighted by molar-refractivity contribution is 0.610. The molecule has 1 aromatic heterocycles. The van der Waals surface area contributed by atoms with Crippen molar-refractivity contribution in [3.63, 3.8) is 0 Å². The van der Waals surface area contributed by atoms with Gasteiger partial charge in [0, 0.05) is 29.7 Å². The number of aryl methyl sites for hydroxylation is 1. The Balaban J connectivity index is 2.42. The second-order valence-corrected chi connectivity index (χ2v) is 4.35. The minimum Gasteiger partial charge on any atom is -0.348 e. The Kier molecular flexibility index (Phi) is 3.30. The average molecular weight is 216 g/mol. The van der Waals surface area contributed by atoms with Gasteiger partial charge in [-0.3, -0.25) is 0 Å². The topological polar surface area (TPSA) is 17.0 Å². The molecule has 2 heteroatoms. The monoisotopic (exact) mass is 216 g/mol. The number of aromatic nitrogens is 1. The summed E-state index contributed by atoms with van der Waals surface area (Å²) in [5.41, 5.74) is 2.79. The van der Waals surface area contributed by atoms with E-state index in [9.17, 15) is 0 Å². The molecule has 0 bridgehead atoms. The molecule has 0 saturated carbocycles. The summed E-state index contributed by atoms with van der Waals surface area (Å²) in [5, 5.41) is 4.69. The van der Waals surface area contributed by atoms with Crippen LogP contribution in [0.3, 0.4) is 0 Å². The number of nitrogens with one attached hydrogen (secondary N) is 1. The van der Waals surface area contributed by atoms with Gasteiger partial charge in [-0.2, -0.15) is 0 Å². The minimum absolute atomic E-state index is 0.524. The molecule has 2 aromatic rings. The van der Waals surface area contributed by atoms with Crippen molar-refractivity contribution in [3.8, 4) is 0 Å². The van der Waals surface area contributed by atoms with Crippen LogP contribution in [-0.4, -0.2) is 17.7 Å². The van der Waals surface area contributed by atoms with E-state index in [4.69, 9.17) is 0 Å². The Bertz CT molecular complexity index is 471. The highest BCUT2D eigenvalue weighted by Crippen LogP contribution is 2.21. The van der Waals surface area contributed by atoms with Gasteiger partial charge in [0.05, 0.1) is 0 Å². The third-order valence-corrected chi connectivity index (χ3v) is 3.26. The Morgan fingerprint density at radius 2 is 2.12 bits per heavy atom. The van der Waals surface area contributed by atoms with E-state index >= 15 is 0 Å². The van der Waals surface area contributed by atoms with E-state index in [1.165, 1.54) is 16.5 Å². The molecular weight excluding hydrogens is 196 g/mol. The van der Waals surface area contributed by atoms with Crippen LogP contribution in [0.5, 0.6) is 0 Å². The number of likely N-dealkylation sites (N-methyl/N-ethyl adjacent to an activating group) is 1. The van der Waals surface area contributed by atoms with Gasteiger partial charge in [0.1, 0.15) is 0 Å². The maximum Gasteiger partial charge on any atom is 0.0482 e. The van der Waals surface area contributed by atoms with Crippen LogP contribution in [0.25, 0.3) is 10.9 Å². The van der Waals surface area contributed by atoms with E-state index in [-0.39, 0.29) is 0 Å². The number of nitrogens with zero attached hydrogens (tertiary/aromatic N) is 1. The second-order valence-electron chi connectivity index (χ2n) is 4.35. The molecule has 0 aliphatic rings. The summed E-state index contributed by atoms with van der Waals surface area (Å²) in [5.74, 6) is 0. The minimum atomic E-state index is 0.524. The largest absolute Gasteiger partial charge is 0.348 e. The summed E-state index contributed by atoms with van der Waals surface area (Å²) in [7, 11) is 2.02. The fourth-order valence-corrected chi connectivity index (χ4v) is 2.17. The molecule has 1 N–H and O–H groups in total. The second kappa shape index (κ2) is 4.71. The number of benzene rings is 1. The Hall–Kier alpha value is -1.28. The highest BCUT2D eigenvalue weighted by atomic mass is 14.9. The van der Waals surface area contributed by atoms with Gasteiger partial charge in [-0.1, -0.05) is 12.1 Å². The molecule has 0 aliphatic heterocycles. The Labute approximate surface area is 97.3 Å². The summed E-state index contributed by atoms with van der Waals surface area (Å²) in [6, 6.07) is 9.35. The predicted octanol–water partition coefficient (Wildman–Crippen LogP) is 2.81. The first-order valence-electron chi connectivity index (χ1n) is 6.00. The van der Waals surface area contributed by atoms with Gasteiger partial charge in [0.15, 0.2) is 0 Å². The summed E-state index contributed by atoms with van der Waals surface area (Å²) in [6.45, 7) is 5.44. The van der Waals surface area contributed by atoms with Crippen LogP contribution in [0, 0.1) is 0 Å². The molecule has 16 heavy (non-hydrogen) atoms.